The number of hydrogen-bond acceptors (Lipinski definition) is 6. The van der Waals surface area contributed by atoms with Crippen LogP contribution in [0.1, 0.15) is 26.2 Å². The first-order valence-electron chi connectivity index (χ1n) is 8.44. The van der Waals surface area contributed by atoms with E-state index in [1.807, 2.05) is 11.8 Å². The van der Waals surface area contributed by atoms with Gasteiger partial charge in [-0.2, -0.15) is 0 Å². The smallest absolute Gasteiger partial charge is 0.309 e. The van der Waals surface area contributed by atoms with Crippen molar-refractivity contribution in [2.75, 3.05) is 31.1 Å². The van der Waals surface area contributed by atoms with E-state index in [-0.39, 0.29) is 30.1 Å². The number of rotatable bonds is 7. The molecule has 25 heavy (non-hydrogen) atoms. The quantitative estimate of drug-likeness (QED) is 0.458. The van der Waals surface area contributed by atoms with Crippen LogP contribution in [0.2, 0.25) is 0 Å². The van der Waals surface area contributed by atoms with Crippen LogP contribution in [-0.2, 0) is 14.3 Å². The molecule has 1 heterocycles. The number of carbonyl (C=O) groups is 2. The Morgan fingerprint density at radius 2 is 2.00 bits per heavy atom. The topological polar surface area (TPSA) is 102 Å². The lowest BCUT2D eigenvalue weighted by Gasteiger charge is -2.32. The zero-order valence-electron chi connectivity index (χ0n) is 14.3. The summed E-state index contributed by atoms with van der Waals surface area (Å²) in [4.78, 5) is 36.2. The van der Waals surface area contributed by atoms with Crippen molar-refractivity contribution in [1.29, 1.82) is 0 Å². The third kappa shape index (κ3) is 5.17. The Labute approximate surface area is 146 Å². The summed E-state index contributed by atoms with van der Waals surface area (Å²) in [5, 5.41) is 13.8. The van der Waals surface area contributed by atoms with E-state index in [1.54, 1.807) is 18.2 Å². The van der Waals surface area contributed by atoms with Gasteiger partial charge in [0.1, 0.15) is 5.69 Å². The molecule has 0 spiro atoms. The van der Waals surface area contributed by atoms with Crippen LogP contribution in [0.15, 0.2) is 24.3 Å². The average Bonchev–Trinajstić information content (AvgIpc) is 2.64. The second-order valence-electron chi connectivity index (χ2n) is 5.96. The highest BCUT2D eigenvalue weighted by atomic mass is 16.6. The lowest BCUT2D eigenvalue weighted by atomic mass is 9.96. The van der Waals surface area contributed by atoms with Gasteiger partial charge in [0, 0.05) is 25.7 Å². The molecular formula is C17H23N3O5. The Morgan fingerprint density at radius 1 is 1.32 bits per heavy atom. The second-order valence-corrected chi connectivity index (χ2v) is 5.96. The van der Waals surface area contributed by atoms with Gasteiger partial charge >= 0.3 is 5.97 Å². The highest BCUT2D eigenvalue weighted by Crippen LogP contribution is 2.31. The summed E-state index contributed by atoms with van der Waals surface area (Å²) in [6, 6.07) is 6.59. The molecule has 1 N–H and O–H groups in total. The van der Waals surface area contributed by atoms with Gasteiger partial charge in [-0.1, -0.05) is 19.1 Å². The van der Waals surface area contributed by atoms with Gasteiger partial charge in [0.15, 0.2) is 6.61 Å². The Bertz CT molecular complexity index is 626. The molecule has 0 bridgehead atoms. The number of hydrogen-bond donors (Lipinski definition) is 1. The van der Waals surface area contributed by atoms with E-state index in [0.29, 0.717) is 38.2 Å². The molecule has 1 saturated heterocycles. The van der Waals surface area contributed by atoms with Gasteiger partial charge in [-0.15, -0.1) is 0 Å². The molecule has 1 aromatic carbocycles. The molecule has 1 aliphatic heterocycles. The summed E-state index contributed by atoms with van der Waals surface area (Å²) in [7, 11) is 0. The maximum atomic E-state index is 12.1. The first-order valence-corrected chi connectivity index (χ1v) is 8.44. The minimum atomic E-state index is -0.398. The fraction of sp³-hybridized carbons (Fsp3) is 0.529. The molecular weight excluding hydrogens is 326 g/mol. The van der Waals surface area contributed by atoms with Crippen molar-refractivity contribution in [3.63, 3.8) is 0 Å². The van der Waals surface area contributed by atoms with Gasteiger partial charge in [0.2, 0.25) is 0 Å². The van der Waals surface area contributed by atoms with Crippen LogP contribution in [-0.4, -0.2) is 43.0 Å². The van der Waals surface area contributed by atoms with Gasteiger partial charge in [0.05, 0.1) is 10.8 Å². The second kappa shape index (κ2) is 9.00. The van der Waals surface area contributed by atoms with Crippen LogP contribution in [0.3, 0.4) is 0 Å². The first kappa shape index (κ1) is 18.7. The molecule has 1 aromatic rings. The van der Waals surface area contributed by atoms with Gasteiger partial charge in [-0.3, -0.25) is 19.7 Å². The summed E-state index contributed by atoms with van der Waals surface area (Å²) < 4.78 is 5.07. The molecule has 0 saturated carbocycles. The molecule has 8 nitrogen and oxygen atoms in total. The zero-order valence-corrected chi connectivity index (χ0v) is 14.3. The zero-order chi connectivity index (χ0) is 18.2. The molecule has 136 valence electrons. The van der Waals surface area contributed by atoms with E-state index in [9.17, 15) is 19.7 Å². The van der Waals surface area contributed by atoms with E-state index in [4.69, 9.17) is 4.74 Å². The fourth-order valence-electron chi connectivity index (χ4n) is 2.81. The standard InChI is InChI=1S/C17H23N3O5/c1-2-9-18-16(21)12-25-17(22)13-7-10-19(11-8-13)14-5-3-4-6-15(14)20(23)24/h3-6,13H,2,7-12H2,1H3,(H,18,21). The SMILES string of the molecule is CCCNC(=O)COC(=O)C1CCN(c2ccccc2[N+](=O)[O-])CC1. The highest BCUT2D eigenvalue weighted by Gasteiger charge is 2.29. The van der Waals surface area contributed by atoms with Crippen molar-refractivity contribution in [3.05, 3.63) is 34.4 Å². The Balaban J connectivity index is 1.84. The number of nitro groups is 1. The lowest BCUT2D eigenvalue weighted by Crippen LogP contribution is -2.38. The van der Waals surface area contributed by atoms with E-state index < -0.39 is 4.92 Å². The van der Waals surface area contributed by atoms with Crippen molar-refractivity contribution in [1.82, 2.24) is 5.32 Å². The van der Waals surface area contributed by atoms with Crippen LogP contribution in [0.4, 0.5) is 11.4 Å². The number of nitrogens with zero attached hydrogens (tertiary/aromatic N) is 2. The molecule has 2 rings (SSSR count). The van der Waals surface area contributed by atoms with E-state index in [1.165, 1.54) is 6.07 Å². The third-order valence-electron chi connectivity index (χ3n) is 4.17. The van der Waals surface area contributed by atoms with Crippen LogP contribution >= 0.6 is 0 Å². The number of carbonyl (C=O) groups excluding carboxylic acids is 2. The number of anilines is 1. The van der Waals surface area contributed by atoms with Crippen LogP contribution < -0.4 is 10.2 Å². The minimum Gasteiger partial charge on any atom is -0.455 e. The Morgan fingerprint density at radius 3 is 2.64 bits per heavy atom. The average molecular weight is 349 g/mol. The summed E-state index contributed by atoms with van der Waals surface area (Å²) in [6.45, 7) is 3.31. The Hall–Kier alpha value is -2.64. The van der Waals surface area contributed by atoms with Crippen molar-refractivity contribution in [2.24, 2.45) is 5.92 Å². The van der Waals surface area contributed by atoms with Gasteiger partial charge in [-0.25, -0.2) is 0 Å². The van der Waals surface area contributed by atoms with Crippen molar-refractivity contribution >= 4 is 23.3 Å². The molecule has 0 aromatic heterocycles. The maximum absolute atomic E-state index is 12.1. The fourth-order valence-corrected chi connectivity index (χ4v) is 2.81. The predicted molar refractivity (Wildman–Crippen MR) is 92.3 cm³/mol. The highest BCUT2D eigenvalue weighted by molar-refractivity contribution is 5.81. The predicted octanol–water partition coefficient (Wildman–Crippen LogP) is 1.88. The molecule has 0 unspecified atom stereocenters. The number of piperidine rings is 1. The van der Waals surface area contributed by atoms with Crippen LogP contribution in [0.25, 0.3) is 0 Å². The molecule has 8 heteroatoms. The molecule has 0 radical (unpaired) electrons. The molecule has 1 aliphatic rings. The van der Waals surface area contributed by atoms with Gasteiger partial charge in [0.25, 0.3) is 11.6 Å². The van der Waals surface area contributed by atoms with E-state index in [0.717, 1.165) is 6.42 Å². The number of amides is 1. The number of ether oxygens (including phenoxy) is 1. The van der Waals surface area contributed by atoms with Crippen LogP contribution in [0.5, 0.6) is 0 Å². The summed E-state index contributed by atoms with van der Waals surface area (Å²) in [6.07, 6.45) is 1.91. The molecule has 1 amide bonds. The molecule has 0 atom stereocenters. The van der Waals surface area contributed by atoms with Crippen molar-refractivity contribution in [2.45, 2.75) is 26.2 Å². The van der Waals surface area contributed by atoms with Crippen molar-refractivity contribution < 1.29 is 19.2 Å². The molecule has 0 aliphatic carbocycles. The van der Waals surface area contributed by atoms with E-state index >= 15 is 0 Å². The maximum Gasteiger partial charge on any atom is 0.309 e. The summed E-state index contributed by atoms with van der Waals surface area (Å²) in [5.41, 5.74) is 0.634. The minimum absolute atomic E-state index is 0.0659. The number of nitro benzene ring substituents is 1. The van der Waals surface area contributed by atoms with E-state index in [2.05, 4.69) is 5.32 Å². The van der Waals surface area contributed by atoms with Crippen LogP contribution in [0, 0.1) is 16.0 Å². The van der Waals surface area contributed by atoms with Crippen molar-refractivity contribution in [3.8, 4) is 0 Å². The number of benzene rings is 1. The monoisotopic (exact) mass is 349 g/mol. The number of esters is 1. The Kier molecular flexibility index (Phi) is 6.73. The van der Waals surface area contributed by atoms with Gasteiger partial charge in [-0.05, 0) is 25.3 Å². The number of nitrogens with one attached hydrogen (secondary N) is 1. The summed E-state index contributed by atoms with van der Waals surface area (Å²) in [5.74, 6) is -0.959. The van der Waals surface area contributed by atoms with Gasteiger partial charge < -0.3 is 15.0 Å². The lowest BCUT2D eigenvalue weighted by molar-refractivity contribution is -0.384. The summed E-state index contributed by atoms with van der Waals surface area (Å²) >= 11 is 0. The normalized spacial score (nSPS) is 14.8. The third-order valence-corrected chi connectivity index (χ3v) is 4.17. The molecule has 1 fully saturated rings. The largest absolute Gasteiger partial charge is 0.455 e. The number of para-hydroxylation sites is 2. The first-order chi connectivity index (χ1) is 12.0.